The SMILES string of the molecule is CN(CCNC(=O)c1cccc(Br)c1)C1CCCC1. The third-order valence-electron chi connectivity index (χ3n) is 3.78. The van der Waals surface area contributed by atoms with Crippen LogP contribution in [0.25, 0.3) is 0 Å². The molecule has 0 bridgehead atoms. The van der Waals surface area contributed by atoms with Crippen LogP contribution in [0, 0.1) is 0 Å². The third-order valence-corrected chi connectivity index (χ3v) is 4.28. The van der Waals surface area contributed by atoms with Crippen molar-refractivity contribution in [3.8, 4) is 0 Å². The van der Waals surface area contributed by atoms with Gasteiger partial charge in [-0.25, -0.2) is 0 Å². The van der Waals surface area contributed by atoms with E-state index >= 15 is 0 Å². The smallest absolute Gasteiger partial charge is 0.251 e. The Hall–Kier alpha value is -0.870. The van der Waals surface area contributed by atoms with E-state index in [1.54, 1.807) is 0 Å². The van der Waals surface area contributed by atoms with Gasteiger partial charge in [0.05, 0.1) is 0 Å². The van der Waals surface area contributed by atoms with Crippen LogP contribution in [0.5, 0.6) is 0 Å². The van der Waals surface area contributed by atoms with E-state index in [0.29, 0.717) is 18.2 Å². The van der Waals surface area contributed by atoms with Crippen LogP contribution in [0.15, 0.2) is 28.7 Å². The predicted octanol–water partition coefficient (Wildman–Crippen LogP) is 3.05. The molecule has 1 amide bonds. The molecule has 0 aromatic heterocycles. The van der Waals surface area contributed by atoms with Crippen LogP contribution in [0.2, 0.25) is 0 Å². The molecular weight excluding hydrogens is 304 g/mol. The van der Waals surface area contributed by atoms with Crippen LogP contribution in [0.3, 0.4) is 0 Å². The van der Waals surface area contributed by atoms with Crippen molar-refractivity contribution in [1.82, 2.24) is 10.2 Å². The van der Waals surface area contributed by atoms with Crippen molar-refractivity contribution >= 4 is 21.8 Å². The van der Waals surface area contributed by atoms with E-state index in [2.05, 4.69) is 33.2 Å². The van der Waals surface area contributed by atoms with Crippen LogP contribution in [0.4, 0.5) is 0 Å². The van der Waals surface area contributed by atoms with E-state index in [1.165, 1.54) is 25.7 Å². The number of hydrogen-bond donors (Lipinski definition) is 1. The summed E-state index contributed by atoms with van der Waals surface area (Å²) in [6.45, 7) is 1.63. The number of carbonyl (C=O) groups is 1. The molecule has 0 saturated heterocycles. The maximum Gasteiger partial charge on any atom is 0.251 e. The molecule has 1 N–H and O–H groups in total. The summed E-state index contributed by atoms with van der Waals surface area (Å²) in [6.07, 6.45) is 5.30. The summed E-state index contributed by atoms with van der Waals surface area (Å²) in [6, 6.07) is 8.19. The Morgan fingerprint density at radius 2 is 2.16 bits per heavy atom. The Morgan fingerprint density at radius 1 is 1.42 bits per heavy atom. The summed E-state index contributed by atoms with van der Waals surface area (Å²) in [7, 11) is 2.15. The number of halogens is 1. The second kappa shape index (κ2) is 7.06. The molecule has 0 spiro atoms. The first-order chi connectivity index (χ1) is 9.16. The van der Waals surface area contributed by atoms with E-state index in [1.807, 2.05) is 24.3 Å². The first kappa shape index (κ1) is 14.5. The summed E-state index contributed by atoms with van der Waals surface area (Å²) in [5, 5.41) is 2.98. The van der Waals surface area contributed by atoms with E-state index in [0.717, 1.165) is 11.0 Å². The Bertz CT molecular complexity index is 430. The lowest BCUT2D eigenvalue weighted by Crippen LogP contribution is -2.37. The summed E-state index contributed by atoms with van der Waals surface area (Å²) in [4.78, 5) is 14.3. The fraction of sp³-hybridized carbons (Fsp3) is 0.533. The molecule has 1 fully saturated rings. The van der Waals surface area contributed by atoms with Gasteiger partial charge in [0.1, 0.15) is 0 Å². The predicted molar refractivity (Wildman–Crippen MR) is 81.4 cm³/mol. The number of carbonyl (C=O) groups excluding carboxylic acids is 1. The van der Waals surface area contributed by atoms with Crippen LogP contribution >= 0.6 is 15.9 Å². The zero-order valence-corrected chi connectivity index (χ0v) is 12.9. The van der Waals surface area contributed by atoms with Crippen molar-refractivity contribution in [2.75, 3.05) is 20.1 Å². The normalized spacial score (nSPS) is 15.9. The van der Waals surface area contributed by atoms with E-state index in [4.69, 9.17) is 0 Å². The zero-order chi connectivity index (χ0) is 13.7. The first-order valence-electron chi connectivity index (χ1n) is 6.91. The number of nitrogens with zero attached hydrogens (tertiary/aromatic N) is 1. The monoisotopic (exact) mass is 324 g/mol. The highest BCUT2D eigenvalue weighted by molar-refractivity contribution is 9.10. The Balaban J connectivity index is 1.74. The topological polar surface area (TPSA) is 32.3 Å². The first-order valence-corrected chi connectivity index (χ1v) is 7.70. The largest absolute Gasteiger partial charge is 0.351 e. The summed E-state index contributed by atoms with van der Waals surface area (Å²) < 4.78 is 0.934. The Kier molecular flexibility index (Phi) is 5.40. The third kappa shape index (κ3) is 4.32. The van der Waals surface area contributed by atoms with Crippen molar-refractivity contribution < 1.29 is 4.79 Å². The van der Waals surface area contributed by atoms with Gasteiger partial charge in [0, 0.05) is 29.2 Å². The minimum atomic E-state index is 0.00104. The highest BCUT2D eigenvalue weighted by Crippen LogP contribution is 2.21. The molecule has 1 aliphatic rings. The van der Waals surface area contributed by atoms with Gasteiger partial charge in [-0.05, 0) is 38.1 Å². The summed E-state index contributed by atoms with van der Waals surface area (Å²) in [5.74, 6) is 0.00104. The minimum absolute atomic E-state index is 0.00104. The Labute approximate surface area is 123 Å². The molecule has 1 aliphatic carbocycles. The second-order valence-electron chi connectivity index (χ2n) is 5.19. The van der Waals surface area contributed by atoms with Gasteiger partial charge in [-0.15, -0.1) is 0 Å². The van der Waals surface area contributed by atoms with Gasteiger partial charge in [0.25, 0.3) is 5.91 Å². The number of rotatable bonds is 5. The molecule has 4 heteroatoms. The molecular formula is C15H21BrN2O. The lowest BCUT2D eigenvalue weighted by Gasteiger charge is -2.23. The highest BCUT2D eigenvalue weighted by Gasteiger charge is 2.19. The van der Waals surface area contributed by atoms with Gasteiger partial charge in [0.15, 0.2) is 0 Å². The van der Waals surface area contributed by atoms with Gasteiger partial charge in [0.2, 0.25) is 0 Å². The fourth-order valence-electron chi connectivity index (χ4n) is 2.61. The van der Waals surface area contributed by atoms with Crippen LogP contribution < -0.4 is 5.32 Å². The van der Waals surface area contributed by atoms with Crippen molar-refractivity contribution in [3.05, 3.63) is 34.3 Å². The van der Waals surface area contributed by atoms with Crippen molar-refractivity contribution in [2.24, 2.45) is 0 Å². The van der Waals surface area contributed by atoms with E-state index in [9.17, 15) is 4.79 Å². The molecule has 1 aromatic carbocycles. The quantitative estimate of drug-likeness (QED) is 0.902. The minimum Gasteiger partial charge on any atom is -0.351 e. The molecule has 0 atom stereocenters. The zero-order valence-electron chi connectivity index (χ0n) is 11.4. The fourth-order valence-corrected chi connectivity index (χ4v) is 3.00. The number of benzene rings is 1. The molecule has 104 valence electrons. The lowest BCUT2D eigenvalue weighted by atomic mass is 10.2. The van der Waals surface area contributed by atoms with Crippen LogP contribution in [-0.4, -0.2) is 37.0 Å². The van der Waals surface area contributed by atoms with Gasteiger partial charge < -0.3 is 10.2 Å². The van der Waals surface area contributed by atoms with E-state index < -0.39 is 0 Å². The molecule has 1 saturated carbocycles. The molecule has 0 heterocycles. The summed E-state index contributed by atoms with van der Waals surface area (Å²) >= 11 is 3.38. The van der Waals surface area contributed by atoms with Crippen molar-refractivity contribution in [2.45, 2.75) is 31.7 Å². The van der Waals surface area contributed by atoms with E-state index in [-0.39, 0.29) is 5.91 Å². The van der Waals surface area contributed by atoms with Gasteiger partial charge in [-0.1, -0.05) is 34.8 Å². The molecule has 0 aliphatic heterocycles. The molecule has 3 nitrogen and oxygen atoms in total. The maximum atomic E-state index is 11.9. The Morgan fingerprint density at radius 3 is 2.84 bits per heavy atom. The average Bonchev–Trinajstić information content (AvgIpc) is 2.92. The molecule has 2 rings (SSSR count). The van der Waals surface area contributed by atoms with Crippen LogP contribution in [-0.2, 0) is 0 Å². The molecule has 19 heavy (non-hydrogen) atoms. The van der Waals surface area contributed by atoms with Gasteiger partial charge in [-0.3, -0.25) is 4.79 Å². The molecule has 0 unspecified atom stereocenters. The van der Waals surface area contributed by atoms with Crippen LogP contribution in [0.1, 0.15) is 36.0 Å². The standard InChI is InChI=1S/C15H21BrN2O/c1-18(14-7-2-3-8-14)10-9-17-15(19)12-5-4-6-13(16)11-12/h4-6,11,14H,2-3,7-10H2,1H3,(H,17,19). The van der Waals surface area contributed by atoms with Crippen molar-refractivity contribution in [3.63, 3.8) is 0 Å². The molecule has 1 aromatic rings. The highest BCUT2D eigenvalue weighted by atomic mass is 79.9. The maximum absolute atomic E-state index is 11.9. The molecule has 0 radical (unpaired) electrons. The van der Waals surface area contributed by atoms with Gasteiger partial charge in [-0.2, -0.15) is 0 Å². The number of likely N-dealkylation sites (N-methyl/N-ethyl adjacent to an activating group) is 1. The van der Waals surface area contributed by atoms with Gasteiger partial charge >= 0.3 is 0 Å². The van der Waals surface area contributed by atoms with Crippen molar-refractivity contribution in [1.29, 1.82) is 0 Å². The number of amides is 1. The number of nitrogens with one attached hydrogen (secondary N) is 1. The number of hydrogen-bond acceptors (Lipinski definition) is 2. The lowest BCUT2D eigenvalue weighted by molar-refractivity contribution is 0.0947. The second-order valence-corrected chi connectivity index (χ2v) is 6.10. The summed E-state index contributed by atoms with van der Waals surface area (Å²) in [5.41, 5.74) is 0.706. The average molecular weight is 325 g/mol.